The number of rotatable bonds is 6. The first-order valence-corrected chi connectivity index (χ1v) is 10.0. The summed E-state index contributed by atoms with van der Waals surface area (Å²) in [6, 6.07) is 11.5. The van der Waals surface area contributed by atoms with Gasteiger partial charge >= 0.3 is 6.36 Å². The van der Waals surface area contributed by atoms with E-state index in [0.29, 0.717) is 10.2 Å². The van der Waals surface area contributed by atoms with Crippen LogP contribution in [0.2, 0.25) is 0 Å². The van der Waals surface area contributed by atoms with Gasteiger partial charge < -0.3 is 19.3 Å². The molecule has 2 heterocycles. The first kappa shape index (κ1) is 22.1. The van der Waals surface area contributed by atoms with E-state index >= 15 is 0 Å². The van der Waals surface area contributed by atoms with Crippen molar-refractivity contribution in [2.45, 2.75) is 6.36 Å². The third kappa shape index (κ3) is 5.06. The zero-order chi connectivity index (χ0) is 23.6. The summed E-state index contributed by atoms with van der Waals surface area (Å²) in [6.07, 6.45) is -3.55. The molecule has 0 bridgehead atoms. The molecule has 170 valence electrons. The maximum atomic E-state index is 12.6. The standard InChI is InChI=1S/C21H14F3N3O5S/c1-30-15-8-9-25-17(18(15)28)19(29)27-20-26-12-7-6-11(10-16(12)33-20)31-13-4-2-3-5-14(13)32-21(22,23)24/h2-10,28H,1H3,(H,26,27,29). The van der Waals surface area contributed by atoms with Crippen LogP contribution in [0.25, 0.3) is 10.2 Å². The lowest BCUT2D eigenvalue weighted by Crippen LogP contribution is -2.17. The number of aromatic hydroxyl groups is 1. The van der Waals surface area contributed by atoms with E-state index in [-0.39, 0.29) is 28.1 Å². The van der Waals surface area contributed by atoms with E-state index in [1.165, 1.54) is 43.6 Å². The number of benzene rings is 2. The molecule has 1 amide bonds. The van der Waals surface area contributed by atoms with Gasteiger partial charge in [0, 0.05) is 18.3 Å². The van der Waals surface area contributed by atoms with Gasteiger partial charge in [0.25, 0.3) is 5.91 Å². The highest BCUT2D eigenvalue weighted by Crippen LogP contribution is 2.37. The molecule has 0 aliphatic carbocycles. The fourth-order valence-corrected chi connectivity index (χ4v) is 3.71. The highest BCUT2D eigenvalue weighted by Gasteiger charge is 2.32. The summed E-state index contributed by atoms with van der Waals surface area (Å²) in [7, 11) is 1.34. The van der Waals surface area contributed by atoms with Crippen LogP contribution in [-0.4, -0.2) is 34.5 Å². The number of carbonyl (C=O) groups excluding carboxylic acids is 1. The Bertz CT molecular complexity index is 1330. The number of anilines is 1. The normalized spacial score (nSPS) is 11.3. The maximum absolute atomic E-state index is 12.6. The number of methoxy groups -OCH3 is 1. The average molecular weight is 477 g/mol. The number of alkyl halides is 3. The largest absolute Gasteiger partial charge is 0.573 e. The summed E-state index contributed by atoms with van der Waals surface area (Å²) in [6.45, 7) is 0. The van der Waals surface area contributed by atoms with Crippen molar-refractivity contribution in [2.75, 3.05) is 12.4 Å². The van der Waals surface area contributed by atoms with Crippen molar-refractivity contribution < 1.29 is 37.3 Å². The molecule has 0 saturated carbocycles. The Morgan fingerprint density at radius 2 is 1.85 bits per heavy atom. The van der Waals surface area contributed by atoms with Crippen molar-refractivity contribution in [2.24, 2.45) is 0 Å². The number of nitrogens with zero attached hydrogens (tertiary/aromatic N) is 2. The summed E-state index contributed by atoms with van der Waals surface area (Å²) in [4.78, 5) is 20.6. The lowest BCUT2D eigenvalue weighted by atomic mass is 10.3. The van der Waals surface area contributed by atoms with Crippen LogP contribution in [0.15, 0.2) is 54.7 Å². The lowest BCUT2D eigenvalue weighted by Gasteiger charge is -2.13. The van der Waals surface area contributed by atoms with Crippen molar-refractivity contribution >= 4 is 32.6 Å². The van der Waals surface area contributed by atoms with Crippen molar-refractivity contribution in [1.29, 1.82) is 0 Å². The van der Waals surface area contributed by atoms with Crippen LogP contribution >= 0.6 is 11.3 Å². The first-order chi connectivity index (χ1) is 15.7. The van der Waals surface area contributed by atoms with Gasteiger partial charge in [-0.3, -0.25) is 10.1 Å². The number of pyridine rings is 1. The second-order valence-corrected chi connectivity index (χ2v) is 7.44. The molecule has 0 aliphatic heterocycles. The third-order valence-corrected chi connectivity index (χ3v) is 5.14. The number of thiazole rings is 1. The van der Waals surface area contributed by atoms with Crippen LogP contribution in [0, 0.1) is 0 Å². The van der Waals surface area contributed by atoms with Gasteiger partial charge in [-0.2, -0.15) is 0 Å². The van der Waals surface area contributed by atoms with Crippen LogP contribution in [-0.2, 0) is 0 Å². The molecule has 4 rings (SSSR count). The minimum atomic E-state index is -4.86. The van der Waals surface area contributed by atoms with Gasteiger partial charge in [0.05, 0.1) is 17.3 Å². The molecule has 0 fully saturated rings. The monoisotopic (exact) mass is 477 g/mol. The minimum absolute atomic E-state index is 0.0935. The molecule has 0 aliphatic rings. The molecule has 2 aromatic carbocycles. The first-order valence-electron chi connectivity index (χ1n) is 9.20. The van der Waals surface area contributed by atoms with E-state index < -0.39 is 23.8 Å². The summed E-state index contributed by atoms with van der Waals surface area (Å²) in [5.41, 5.74) is 0.282. The maximum Gasteiger partial charge on any atom is 0.573 e. The molecule has 2 N–H and O–H groups in total. The molecule has 0 radical (unpaired) electrons. The Balaban J connectivity index is 1.55. The van der Waals surface area contributed by atoms with Crippen LogP contribution in [0.5, 0.6) is 28.7 Å². The summed E-state index contributed by atoms with van der Waals surface area (Å²) < 4.78 is 53.0. The topological polar surface area (TPSA) is 103 Å². The minimum Gasteiger partial charge on any atom is -0.503 e. The summed E-state index contributed by atoms with van der Waals surface area (Å²) in [5.74, 6) is -1.36. The number of fused-ring (bicyclic) bond motifs is 1. The fourth-order valence-electron chi connectivity index (χ4n) is 2.82. The molecule has 4 aromatic rings. The van der Waals surface area contributed by atoms with Crippen LogP contribution in [0.4, 0.5) is 18.3 Å². The molecule has 33 heavy (non-hydrogen) atoms. The van der Waals surface area contributed by atoms with E-state index in [0.717, 1.165) is 17.4 Å². The van der Waals surface area contributed by atoms with E-state index in [1.807, 2.05) is 0 Å². The van der Waals surface area contributed by atoms with Gasteiger partial charge in [-0.1, -0.05) is 23.5 Å². The van der Waals surface area contributed by atoms with Gasteiger partial charge in [0.15, 0.2) is 33.8 Å². The predicted molar refractivity (Wildman–Crippen MR) is 113 cm³/mol. The van der Waals surface area contributed by atoms with Crippen molar-refractivity contribution in [3.8, 4) is 28.7 Å². The highest BCUT2D eigenvalue weighted by molar-refractivity contribution is 7.22. The smallest absolute Gasteiger partial charge is 0.503 e. The van der Waals surface area contributed by atoms with E-state index in [1.54, 1.807) is 12.1 Å². The zero-order valence-electron chi connectivity index (χ0n) is 16.7. The van der Waals surface area contributed by atoms with Gasteiger partial charge in [0.1, 0.15) is 5.75 Å². The second-order valence-electron chi connectivity index (χ2n) is 6.41. The van der Waals surface area contributed by atoms with Gasteiger partial charge in [-0.25, -0.2) is 9.97 Å². The van der Waals surface area contributed by atoms with Gasteiger partial charge in [0.2, 0.25) is 0 Å². The van der Waals surface area contributed by atoms with E-state index in [2.05, 4.69) is 20.0 Å². The van der Waals surface area contributed by atoms with Crippen LogP contribution < -0.4 is 19.5 Å². The quantitative estimate of drug-likeness (QED) is 0.386. The number of aromatic nitrogens is 2. The number of nitrogens with one attached hydrogen (secondary N) is 1. The van der Waals surface area contributed by atoms with E-state index in [4.69, 9.17) is 9.47 Å². The molecule has 0 saturated heterocycles. The molecular weight excluding hydrogens is 463 g/mol. The molecule has 8 nitrogen and oxygen atoms in total. The molecule has 0 atom stereocenters. The Kier molecular flexibility index (Phi) is 5.92. The summed E-state index contributed by atoms with van der Waals surface area (Å²) >= 11 is 1.10. The zero-order valence-corrected chi connectivity index (χ0v) is 17.5. The number of hydrogen-bond donors (Lipinski definition) is 2. The summed E-state index contributed by atoms with van der Waals surface area (Å²) in [5, 5.41) is 12.9. The SMILES string of the molecule is COc1ccnc(C(=O)Nc2nc3ccc(Oc4ccccc4OC(F)(F)F)cc3s2)c1O. The van der Waals surface area contributed by atoms with Crippen LogP contribution in [0.3, 0.4) is 0 Å². The lowest BCUT2D eigenvalue weighted by molar-refractivity contribution is -0.275. The predicted octanol–water partition coefficient (Wildman–Crippen LogP) is 5.35. The highest BCUT2D eigenvalue weighted by atomic mass is 32.1. The molecular formula is C21H14F3N3O5S. The van der Waals surface area contributed by atoms with Crippen molar-refractivity contribution in [1.82, 2.24) is 9.97 Å². The van der Waals surface area contributed by atoms with E-state index in [9.17, 15) is 23.1 Å². The number of carbonyl (C=O) groups is 1. The van der Waals surface area contributed by atoms with Gasteiger partial charge in [-0.15, -0.1) is 13.2 Å². The molecule has 2 aromatic heterocycles. The number of ether oxygens (including phenoxy) is 3. The number of para-hydroxylation sites is 2. The Morgan fingerprint density at radius 3 is 2.58 bits per heavy atom. The third-order valence-electron chi connectivity index (χ3n) is 4.21. The fraction of sp³-hybridized carbons (Fsp3) is 0.0952. The van der Waals surface area contributed by atoms with Crippen molar-refractivity contribution in [3.63, 3.8) is 0 Å². The average Bonchev–Trinajstić information content (AvgIpc) is 3.15. The van der Waals surface area contributed by atoms with Crippen LogP contribution in [0.1, 0.15) is 10.5 Å². The number of amides is 1. The van der Waals surface area contributed by atoms with Crippen molar-refractivity contribution in [3.05, 3.63) is 60.4 Å². The Hall–Kier alpha value is -4.06. The van der Waals surface area contributed by atoms with Gasteiger partial charge in [-0.05, 0) is 24.3 Å². The Labute approximate surface area is 188 Å². The molecule has 0 spiro atoms. The number of halogens is 3. The number of hydrogen-bond acceptors (Lipinski definition) is 8. The Morgan fingerprint density at radius 1 is 1.09 bits per heavy atom. The molecule has 12 heteroatoms. The molecule has 0 unspecified atom stereocenters. The second kappa shape index (κ2) is 8.82.